The molecule has 7 heteroatoms. The maximum absolute atomic E-state index is 13.2. The summed E-state index contributed by atoms with van der Waals surface area (Å²) in [7, 11) is -1.87. The van der Waals surface area contributed by atoms with E-state index in [-0.39, 0.29) is 4.90 Å². The normalized spacial score (nSPS) is 17.8. The summed E-state index contributed by atoms with van der Waals surface area (Å²) < 4.78 is 45.0. The second-order valence-corrected chi connectivity index (χ2v) is 7.41. The molecule has 0 bridgehead atoms. The Balaban J connectivity index is 2.00. The van der Waals surface area contributed by atoms with Gasteiger partial charge in [0, 0.05) is 46.4 Å². The van der Waals surface area contributed by atoms with Crippen LogP contribution in [0.1, 0.15) is 12.0 Å². The standard InChI is InChI=1S/C15H23FN2O3S/c1-13-12-14(16)4-5-15(13)22(19,20)18-9-7-17(8-10-18)6-3-11-21-2/h4-5,12H,3,6-11H2,1-2H3. The van der Waals surface area contributed by atoms with Crippen molar-refractivity contribution >= 4 is 10.0 Å². The molecule has 0 aliphatic carbocycles. The molecule has 1 aliphatic rings. The summed E-state index contributed by atoms with van der Waals surface area (Å²) in [6, 6.07) is 3.81. The molecule has 1 aliphatic heterocycles. The van der Waals surface area contributed by atoms with Gasteiger partial charge in [-0.15, -0.1) is 0 Å². The largest absolute Gasteiger partial charge is 0.385 e. The lowest BCUT2D eigenvalue weighted by Crippen LogP contribution is -2.48. The van der Waals surface area contributed by atoms with Crippen LogP contribution in [-0.4, -0.2) is 64.1 Å². The molecule has 1 aromatic carbocycles. The highest BCUT2D eigenvalue weighted by Crippen LogP contribution is 2.21. The van der Waals surface area contributed by atoms with Gasteiger partial charge >= 0.3 is 0 Å². The van der Waals surface area contributed by atoms with E-state index in [9.17, 15) is 12.8 Å². The quantitative estimate of drug-likeness (QED) is 0.741. The molecule has 2 rings (SSSR count). The smallest absolute Gasteiger partial charge is 0.243 e. The fourth-order valence-corrected chi connectivity index (χ4v) is 4.30. The summed E-state index contributed by atoms with van der Waals surface area (Å²) in [6.07, 6.45) is 0.945. The third-order valence-electron chi connectivity index (χ3n) is 3.91. The molecule has 22 heavy (non-hydrogen) atoms. The first-order valence-electron chi connectivity index (χ1n) is 7.43. The first-order valence-corrected chi connectivity index (χ1v) is 8.87. The van der Waals surface area contributed by atoms with Crippen LogP contribution in [0.3, 0.4) is 0 Å². The van der Waals surface area contributed by atoms with Crippen molar-refractivity contribution in [3.8, 4) is 0 Å². The molecule has 124 valence electrons. The van der Waals surface area contributed by atoms with Crippen LogP contribution in [0, 0.1) is 12.7 Å². The molecule has 1 saturated heterocycles. The highest BCUT2D eigenvalue weighted by molar-refractivity contribution is 7.89. The van der Waals surface area contributed by atoms with Crippen LogP contribution in [0.5, 0.6) is 0 Å². The highest BCUT2D eigenvalue weighted by Gasteiger charge is 2.29. The summed E-state index contributed by atoms with van der Waals surface area (Å²) in [5.74, 6) is -0.417. The van der Waals surface area contributed by atoms with E-state index < -0.39 is 15.8 Å². The molecule has 0 atom stereocenters. The van der Waals surface area contributed by atoms with Gasteiger partial charge in [-0.2, -0.15) is 4.31 Å². The van der Waals surface area contributed by atoms with Crippen molar-refractivity contribution in [2.75, 3.05) is 46.4 Å². The van der Waals surface area contributed by atoms with E-state index in [1.165, 1.54) is 22.5 Å². The molecule has 5 nitrogen and oxygen atoms in total. The van der Waals surface area contributed by atoms with Crippen molar-refractivity contribution in [1.29, 1.82) is 0 Å². The van der Waals surface area contributed by atoms with Gasteiger partial charge in [-0.25, -0.2) is 12.8 Å². The minimum atomic E-state index is -3.54. The molecule has 0 aromatic heterocycles. The lowest BCUT2D eigenvalue weighted by Gasteiger charge is -2.34. The SMILES string of the molecule is COCCCN1CCN(S(=O)(=O)c2ccc(F)cc2C)CC1. The molecule has 1 heterocycles. The van der Waals surface area contributed by atoms with Gasteiger partial charge in [0.05, 0.1) is 4.90 Å². The third kappa shape index (κ3) is 4.04. The van der Waals surface area contributed by atoms with E-state index >= 15 is 0 Å². The van der Waals surface area contributed by atoms with Gasteiger partial charge in [0.2, 0.25) is 10.0 Å². The van der Waals surface area contributed by atoms with Gasteiger partial charge in [-0.1, -0.05) is 0 Å². The number of ether oxygens (including phenoxy) is 1. The number of nitrogens with zero attached hydrogens (tertiary/aromatic N) is 2. The molecule has 0 saturated carbocycles. The van der Waals surface area contributed by atoms with E-state index in [0.717, 1.165) is 13.0 Å². The Morgan fingerprint density at radius 3 is 2.50 bits per heavy atom. The summed E-state index contributed by atoms with van der Waals surface area (Å²) in [4.78, 5) is 2.43. The minimum Gasteiger partial charge on any atom is -0.385 e. The molecule has 0 spiro atoms. The lowest BCUT2D eigenvalue weighted by atomic mass is 10.2. The predicted octanol–water partition coefficient (Wildman–Crippen LogP) is 1.48. The monoisotopic (exact) mass is 330 g/mol. The Hall–Kier alpha value is -1.02. The van der Waals surface area contributed by atoms with Gasteiger partial charge in [-0.05, 0) is 37.1 Å². The number of sulfonamides is 1. The van der Waals surface area contributed by atoms with E-state index in [2.05, 4.69) is 4.90 Å². The number of hydrogen-bond donors (Lipinski definition) is 0. The van der Waals surface area contributed by atoms with Crippen LogP contribution in [-0.2, 0) is 14.8 Å². The van der Waals surface area contributed by atoms with Crippen LogP contribution >= 0.6 is 0 Å². The zero-order chi connectivity index (χ0) is 16.2. The number of methoxy groups -OCH3 is 1. The maximum atomic E-state index is 13.2. The van der Waals surface area contributed by atoms with E-state index in [0.29, 0.717) is 38.3 Å². The Kier molecular flexibility index (Phi) is 5.91. The van der Waals surface area contributed by atoms with Gasteiger partial charge in [0.25, 0.3) is 0 Å². The number of benzene rings is 1. The number of rotatable bonds is 6. The van der Waals surface area contributed by atoms with E-state index in [4.69, 9.17) is 4.74 Å². The maximum Gasteiger partial charge on any atom is 0.243 e. The highest BCUT2D eigenvalue weighted by atomic mass is 32.2. The molecule has 0 unspecified atom stereocenters. The number of piperazine rings is 1. The second kappa shape index (κ2) is 7.50. The zero-order valence-electron chi connectivity index (χ0n) is 13.1. The van der Waals surface area contributed by atoms with Gasteiger partial charge in [-0.3, -0.25) is 0 Å². The third-order valence-corrected chi connectivity index (χ3v) is 5.97. The van der Waals surface area contributed by atoms with E-state index in [1.807, 2.05) is 0 Å². The van der Waals surface area contributed by atoms with Crippen LogP contribution < -0.4 is 0 Å². The van der Waals surface area contributed by atoms with Gasteiger partial charge in [0.15, 0.2) is 0 Å². The van der Waals surface area contributed by atoms with Crippen molar-refractivity contribution in [3.05, 3.63) is 29.6 Å². The predicted molar refractivity (Wildman–Crippen MR) is 82.8 cm³/mol. The number of aryl methyl sites for hydroxylation is 1. The second-order valence-electron chi connectivity index (χ2n) is 5.50. The minimum absolute atomic E-state index is 0.196. The van der Waals surface area contributed by atoms with Crippen molar-refractivity contribution in [2.45, 2.75) is 18.2 Å². The van der Waals surface area contributed by atoms with Crippen LogP contribution in [0.2, 0.25) is 0 Å². The topological polar surface area (TPSA) is 49.9 Å². The number of hydrogen-bond acceptors (Lipinski definition) is 4. The first-order chi connectivity index (χ1) is 10.4. The fraction of sp³-hybridized carbons (Fsp3) is 0.600. The Morgan fingerprint density at radius 2 is 1.91 bits per heavy atom. The molecule has 1 fully saturated rings. The molecule has 0 radical (unpaired) electrons. The molecular weight excluding hydrogens is 307 g/mol. The molecule has 0 amide bonds. The fourth-order valence-electron chi connectivity index (χ4n) is 2.67. The number of halogens is 1. The van der Waals surface area contributed by atoms with Crippen molar-refractivity contribution in [2.24, 2.45) is 0 Å². The summed E-state index contributed by atoms with van der Waals surface area (Å²) in [6.45, 7) is 5.60. The molecule has 1 aromatic rings. The average molecular weight is 330 g/mol. The van der Waals surface area contributed by atoms with Gasteiger partial charge < -0.3 is 9.64 Å². The Labute approximate surface area is 131 Å². The summed E-state index contributed by atoms with van der Waals surface area (Å²) in [5, 5.41) is 0. The van der Waals surface area contributed by atoms with Crippen LogP contribution in [0.4, 0.5) is 4.39 Å². The van der Waals surface area contributed by atoms with Crippen molar-refractivity contribution < 1.29 is 17.5 Å². The van der Waals surface area contributed by atoms with Crippen molar-refractivity contribution in [1.82, 2.24) is 9.21 Å². The first kappa shape index (κ1) is 17.3. The van der Waals surface area contributed by atoms with Crippen molar-refractivity contribution in [3.63, 3.8) is 0 Å². The molecular formula is C15H23FN2O3S. The summed E-state index contributed by atoms with van der Waals surface area (Å²) >= 11 is 0. The van der Waals surface area contributed by atoms with Crippen LogP contribution in [0.15, 0.2) is 23.1 Å². The average Bonchev–Trinajstić information content (AvgIpc) is 2.47. The van der Waals surface area contributed by atoms with E-state index in [1.54, 1.807) is 14.0 Å². The Bertz CT molecular complexity index is 599. The van der Waals surface area contributed by atoms with Crippen LogP contribution in [0.25, 0.3) is 0 Å². The lowest BCUT2D eigenvalue weighted by molar-refractivity contribution is 0.149. The zero-order valence-corrected chi connectivity index (χ0v) is 13.9. The Morgan fingerprint density at radius 1 is 1.23 bits per heavy atom. The van der Waals surface area contributed by atoms with Gasteiger partial charge in [0.1, 0.15) is 5.82 Å². The summed E-state index contributed by atoms with van der Waals surface area (Å²) in [5.41, 5.74) is 0.447. The molecule has 0 N–H and O–H groups in total.